The van der Waals surface area contributed by atoms with Gasteiger partial charge in [0.05, 0.1) is 5.75 Å². The monoisotopic (exact) mass is 317 g/mol. The molecule has 0 fully saturated rings. The lowest BCUT2D eigenvalue weighted by atomic mass is 10.2. The van der Waals surface area contributed by atoms with Crippen LogP contribution in [0.4, 0.5) is 5.69 Å². The fourth-order valence-corrected chi connectivity index (χ4v) is 2.66. The molecule has 0 aliphatic carbocycles. The van der Waals surface area contributed by atoms with Crippen LogP contribution >= 0.6 is 11.8 Å². The second-order valence-electron chi connectivity index (χ2n) is 4.94. The number of nitrogens with zero attached hydrogens (tertiary/aromatic N) is 1. The minimum atomic E-state index is -0.180. The number of para-hydroxylation sites is 1. The standard InChI is InChI=1S/C16H19N3O2S/c1-3-6-12-9-14(20)19-16(17-12)22-10-15(21)18-13-8-5-4-7-11(13)2/h4-5,7-9H,3,6,10H2,1-2H3,(H,18,21)(H,17,19,20). The number of aromatic amines is 1. The van der Waals surface area contributed by atoms with Crippen LogP contribution in [0.5, 0.6) is 0 Å². The molecule has 6 heteroatoms. The van der Waals surface area contributed by atoms with Crippen LogP contribution in [0.25, 0.3) is 0 Å². The lowest BCUT2D eigenvalue weighted by Gasteiger charge is -2.08. The summed E-state index contributed by atoms with van der Waals surface area (Å²) in [6.07, 6.45) is 1.68. The van der Waals surface area contributed by atoms with Gasteiger partial charge in [0.2, 0.25) is 5.91 Å². The number of aryl methyl sites for hydroxylation is 2. The molecule has 0 bridgehead atoms. The van der Waals surface area contributed by atoms with E-state index in [1.165, 1.54) is 17.8 Å². The Morgan fingerprint density at radius 3 is 2.86 bits per heavy atom. The number of carbonyl (C=O) groups excluding carboxylic acids is 1. The topological polar surface area (TPSA) is 74.8 Å². The van der Waals surface area contributed by atoms with Crippen molar-refractivity contribution in [3.63, 3.8) is 0 Å². The summed E-state index contributed by atoms with van der Waals surface area (Å²) < 4.78 is 0. The average molecular weight is 317 g/mol. The predicted octanol–water partition coefficient (Wildman–Crippen LogP) is 2.76. The van der Waals surface area contributed by atoms with Crippen molar-refractivity contribution in [2.75, 3.05) is 11.1 Å². The van der Waals surface area contributed by atoms with Crippen molar-refractivity contribution < 1.29 is 4.79 Å². The number of amides is 1. The summed E-state index contributed by atoms with van der Waals surface area (Å²) in [5, 5.41) is 3.34. The molecule has 2 aromatic rings. The largest absolute Gasteiger partial charge is 0.325 e. The van der Waals surface area contributed by atoms with Crippen molar-refractivity contribution in [1.82, 2.24) is 9.97 Å². The summed E-state index contributed by atoms with van der Waals surface area (Å²) in [5.41, 5.74) is 2.39. The molecule has 1 heterocycles. The Balaban J connectivity index is 1.96. The molecule has 0 saturated carbocycles. The Morgan fingerprint density at radius 1 is 1.36 bits per heavy atom. The summed E-state index contributed by atoms with van der Waals surface area (Å²) in [6.45, 7) is 3.97. The van der Waals surface area contributed by atoms with Crippen molar-refractivity contribution in [1.29, 1.82) is 0 Å². The molecule has 1 amide bonds. The summed E-state index contributed by atoms with van der Waals surface area (Å²) in [6, 6.07) is 9.10. The van der Waals surface area contributed by atoms with Crippen molar-refractivity contribution >= 4 is 23.4 Å². The van der Waals surface area contributed by atoms with Gasteiger partial charge in [0.15, 0.2) is 5.16 Å². The van der Waals surface area contributed by atoms with E-state index in [1.54, 1.807) is 0 Å². The van der Waals surface area contributed by atoms with Gasteiger partial charge < -0.3 is 10.3 Å². The highest BCUT2D eigenvalue weighted by molar-refractivity contribution is 7.99. The molecule has 1 aromatic carbocycles. The smallest absolute Gasteiger partial charge is 0.251 e. The minimum Gasteiger partial charge on any atom is -0.325 e. The second kappa shape index (κ2) is 7.79. The van der Waals surface area contributed by atoms with Crippen molar-refractivity contribution in [3.05, 3.63) is 51.9 Å². The molecule has 5 nitrogen and oxygen atoms in total. The number of aromatic nitrogens is 2. The summed E-state index contributed by atoms with van der Waals surface area (Å²) in [7, 11) is 0. The van der Waals surface area contributed by atoms with E-state index in [1.807, 2.05) is 38.1 Å². The maximum atomic E-state index is 12.0. The van der Waals surface area contributed by atoms with Gasteiger partial charge in [0.25, 0.3) is 5.56 Å². The van der Waals surface area contributed by atoms with Crippen LogP contribution in [0.2, 0.25) is 0 Å². The second-order valence-corrected chi connectivity index (χ2v) is 5.91. The van der Waals surface area contributed by atoms with Crippen LogP contribution in [0.1, 0.15) is 24.6 Å². The van der Waals surface area contributed by atoms with Crippen LogP contribution in [-0.4, -0.2) is 21.6 Å². The Bertz CT molecular complexity index is 713. The van der Waals surface area contributed by atoms with Gasteiger partial charge in [-0.05, 0) is 25.0 Å². The summed E-state index contributed by atoms with van der Waals surface area (Å²) in [4.78, 5) is 30.5. The molecule has 0 aliphatic heterocycles. The van der Waals surface area contributed by atoms with Crippen molar-refractivity contribution in [2.45, 2.75) is 31.8 Å². The Morgan fingerprint density at radius 2 is 2.14 bits per heavy atom. The molecule has 0 saturated heterocycles. The molecule has 2 rings (SSSR count). The first-order chi connectivity index (χ1) is 10.6. The zero-order chi connectivity index (χ0) is 15.9. The molecular weight excluding hydrogens is 298 g/mol. The van der Waals surface area contributed by atoms with Crippen LogP contribution in [-0.2, 0) is 11.2 Å². The van der Waals surface area contributed by atoms with Gasteiger partial charge in [-0.1, -0.05) is 43.3 Å². The number of benzene rings is 1. The van der Waals surface area contributed by atoms with Gasteiger partial charge in [0, 0.05) is 17.4 Å². The van der Waals surface area contributed by atoms with Crippen molar-refractivity contribution in [3.8, 4) is 0 Å². The van der Waals surface area contributed by atoms with E-state index in [4.69, 9.17) is 0 Å². The number of carbonyl (C=O) groups is 1. The minimum absolute atomic E-state index is 0.122. The first-order valence-electron chi connectivity index (χ1n) is 7.17. The molecule has 1 aromatic heterocycles. The quantitative estimate of drug-likeness (QED) is 0.634. The normalized spacial score (nSPS) is 10.5. The highest BCUT2D eigenvalue weighted by Gasteiger charge is 2.07. The number of rotatable bonds is 6. The van der Waals surface area contributed by atoms with Crippen LogP contribution < -0.4 is 10.9 Å². The predicted molar refractivity (Wildman–Crippen MR) is 89.4 cm³/mol. The van der Waals surface area contributed by atoms with E-state index in [9.17, 15) is 9.59 Å². The van der Waals surface area contributed by atoms with Gasteiger partial charge in [-0.2, -0.15) is 0 Å². The lowest BCUT2D eigenvalue weighted by Crippen LogP contribution is -2.16. The van der Waals surface area contributed by atoms with Crippen molar-refractivity contribution in [2.24, 2.45) is 0 Å². The lowest BCUT2D eigenvalue weighted by molar-refractivity contribution is -0.113. The average Bonchev–Trinajstić information content (AvgIpc) is 2.47. The van der Waals surface area contributed by atoms with Gasteiger partial charge in [-0.25, -0.2) is 4.98 Å². The fourth-order valence-electron chi connectivity index (χ4n) is 1.97. The highest BCUT2D eigenvalue weighted by atomic mass is 32.2. The van der Waals surface area contributed by atoms with Crippen LogP contribution in [0.15, 0.2) is 40.3 Å². The Hall–Kier alpha value is -2.08. The zero-order valence-corrected chi connectivity index (χ0v) is 13.5. The number of hydrogen-bond acceptors (Lipinski definition) is 4. The zero-order valence-electron chi connectivity index (χ0n) is 12.7. The SMILES string of the molecule is CCCc1cc(=O)[nH]c(SCC(=O)Nc2ccccc2C)n1. The fraction of sp³-hybridized carbons (Fsp3) is 0.312. The van der Waals surface area contributed by atoms with E-state index in [2.05, 4.69) is 15.3 Å². The van der Waals surface area contributed by atoms with Gasteiger partial charge in [-0.15, -0.1) is 0 Å². The molecule has 0 radical (unpaired) electrons. The molecule has 22 heavy (non-hydrogen) atoms. The maximum Gasteiger partial charge on any atom is 0.251 e. The van der Waals surface area contributed by atoms with Crippen LogP contribution in [0.3, 0.4) is 0 Å². The first-order valence-corrected chi connectivity index (χ1v) is 8.15. The molecule has 0 spiro atoms. The van der Waals surface area contributed by atoms with E-state index in [0.717, 1.165) is 29.8 Å². The van der Waals surface area contributed by atoms with Crippen LogP contribution in [0, 0.1) is 6.92 Å². The molecule has 0 aliphatic rings. The third-order valence-corrected chi connectivity index (χ3v) is 3.91. The van der Waals surface area contributed by atoms with Gasteiger partial charge in [0.1, 0.15) is 0 Å². The van der Waals surface area contributed by atoms with Gasteiger partial charge >= 0.3 is 0 Å². The highest BCUT2D eigenvalue weighted by Crippen LogP contribution is 2.16. The van der Waals surface area contributed by atoms with E-state index >= 15 is 0 Å². The molecule has 116 valence electrons. The molecule has 0 atom stereocenters. The number of hydrogen-bond donors (Lipinski definition) is 2. The summed E-state index contributed by atoms with van der Waals surface area (Å²) >= 11 is 1.23. The Labute approximate surface area is 133 Å². The third kappa shape index (κ3) is 4.73. The van der Waals surface area contributed by atoms with E-state index in [0.29, 0.717) is 5.16 Å². The Kier molecular flexibility index (Phi) is 5.77. The number of thioether (sulfide) groups is 1. The number of H-pyrrole nitrogens is 1. The van der Waals surface area contributed by atoms with E-state index < -0.39 is 0 Å². The van der Waals surface area contributed by atoms with Gasteiger partial charge in [-0.3, -0.25) is 9.59 Å². The first kappa shape index (κ1) is 16.3. The molecule has 2 N–H and O–H groups in total. The number of anilines is 1. The maximum absolute atomic E-state index is 12.0. The third-order valence-electron chi connectivity index (χ3n) is 3.04. The molecular formula is C16H19N3O2S. The molecule has 0 unspecified atom stereocenters. The summed E-state index contributed by atoms with van der Waals surface area (Å²) in [5.74, 6) is 0.0789. The van der Waals surface area contributed by atoms with E-state index in [-0.39, 0.29) is 17.2 Å². The number of nitrogens with one attached hydrogen (secondary N) is 2.